The van der Waals surface area contributed by atoms with Crippen molar-refractivity contribution in [3.8, 4) is 0 Å². The van der Waals surface area contributed by atoms with E-state index in [9.17, 15) is 0 Å². The summed E-state index contributed by atoms with van der Waals surface area (Å²) in [6.07, 6.45) is 6.00. The predicted octanol–water partition coefficient (Wildman–Crippen LogP) is 2.71. The van der Waals surface area contributed by atoms with Gasteiger partial charge in [-0.3, -0.25) is 0 Å². The number of aromatic nitrogens is 2. The second kappa shape index (κ2) is 7.58. The summed E-state index contributed by atoms with van der Waals surface area (Å²) in [4.78, 5) is 11.6. The van der Waals surface area contributed by atoms with E-state index in [4.69, 9.17) is 0 Å². The van der Waals surface area contributed by atoms with Crippen molar-refractivity contribution in [2.45, 2.75) is 58.9 Å². The molecule has 0 aromatic carbocycles. The molecule has 1 aliphatic heterocycles. The van der Waals surface area contributed by atoms with Crippen molar-refractivity contribution in [2.75, 3.05) is 24.5 Å². The lowest BCUT2D eigenvalue weighted by molar-refractivity contribution is 0.568. The van der Waals surface area contributed by atoms with Gasteiger partial charge < -0.3 is 10.2 Å². The Morgan fingerprint density at radius 2 is 2.20 bits per heavy atom. The van der Waals surface area contributed by atoms with Gasteiger partial charge in [-0.1, -0.05) is 20.3 Å². The van der Waals surface area contributed by atoms with Gasteiger partial charge >= 0.3 is 0 Å². The Bertz CT molecular complexity index is 413. The van der Waals surface area contributed by atoms with E-state index in [0.717, 1.165) is 43.4 Å². The molecule has 1 saturated heterocycles. The molecule has 0 bridgehead atoms. The Hall–Kier alpha value is -1.16. The fourth-order valence-electron chi connectivity index (χ4n) is 2.78. The zero-order chi connectivity index (χ0) is 14.4. The lowest BCUT2D eigenvalue weighted by Gasteiger charge is -2.27. The van der Waals surface area contributed by atoms with Crippen molar-refractivity contribution in [1.29, 1.82) is 0 Å². The summed E-state index contributed by atoms with van der Waals surface area (Å²) < 4.78 is 0. The maximum atomic E-state index is 4.66. The highest BCUT2D eigenvalue weighted by Crippen LogP contribution is 2.17. The summed E-state index contributed by atoms with van der Waals surface area (Å²) in [5.74, 6) is 2.00. The molecule has 0 spiro atoms. The molecule has 0 radical (unpaired) electrons. The van der Waals surface area contributed by atoms with Crippen LogP contribution < -0.4 is 10.2 Å². The van der Waals surface area contributed by atoms with E-state index in [1.54, 1.807) is 0 Å². The normalized spacial score (nSPS) is 18.4. The maximum Gasteiger partial charge on any atom is 0.132 e. The van der Waals surface area contributed by atoms with Gasteiger partial charge in [0.05, 0.1) is 0 Å². The van der Waals surface area contributed by atoms with E-state index in [-0.39, 0.29) is 0 Å². The molecule has 20 heavy (non-hydrogen) atoms. The Kier molecular flexibility index (Phi) is 5.77. The van der Waals surface area contributed by atoms with Gasteiger partial charge in [0.1, 0.15) is 11.6 Å². The van der Waals surface area contributed by atoms with Gasteiger partial charge in [-0.15, -0.1) is 0 Å². The van der Waals surface area contributed by atoms with E-state index < -0.39 is 0 Å². The van der Waals surface area contributed by atoms with Gasteiger partial charge in [0.25, 0.3) is 0 Å². The number of nitrogens with one attached hydrogen (secondary N) is 1. The summed E-state index contributed by atoms with van der Waals surface area (Å²) in [7, 11) is 0. The highest BCUT2D eigenvalue weighted by molar-refractivity contribution is 5.40. The first-order valence-electron chi connectivity index (χ1n) is 8.05. The molecule has 1 N–H and O–H groups in total. The zero-order valence-electron chi connectivity index (χ0n) is 13.2. The van der Waals surface area contributed by atoms with Crippen LogP contribution in [-0.4, -0.2) is 35.6 Å². The molecule has 4 heteroatoms. The number of hydrogen-bond acceptors (Lipinski definition) is 4. The molecule has 2 rings (SSSR count). The van der Waals surface area contributed by atoms with Crippen molar-refractivity contribution in [1.82, 2.24) is 15.3 Å². The molecule has 2 heterocycles. The summed E-state index contributed by atoms with van der Waals surface area (Å²) in [5, 5.41) is 3.59. The average molecular weight is 276 g/mol. The molecule has 0 saturated carbocycles. The Morgan fingerprint density at radius 1 is 1.35 bits per heavy atom. The van der Waals surface area contributed by atoms with Crippen molar-refractivity contribution in [2.24, 2.45) is 0 Å². The second-order valence-corrected chi connectivity index (χ2v) is 5.71. The molecule has 4 nitrogen and oxygen atoms in total. The van der Waals surface area contributed by atoms with Crippen LogP contribution in [0.15, 0.2) is 6.07 Å². The van der Waals surface area contributed by atoms with E-state index in [1.807, 2.05) is 6.92 Å². The lowest BCUT2D eigenvalue weighted by atomic mass is 10.2. The first-order chi connectivity index (χ1) is 9.72. The van der Waals surface area contributed by atoms with Crippen molar-refractivity contribution in [3.05, 3.63) is 17.6 Å². The minimum absolute atomic E-state index is 0.618. The second-order valence-electron chi connectivity index (χ2n) is 5.71. The van der Waals surface area contributed by atoms with Crippen LogP contribution >= 0.6 is 0 Å². The monoisotopic (exact) mass is 276 g/mol. The highest BCUT2D eigenvalue weighted by Gasteiger charge is 2.19. The summed E-state index contributed by atoms with van der Waals surface area (Å²) in [6.45, 7) is 9.72. The highest BCUT2D eigenvalue weighted by atomic mass is 15.2. The van der Waals surface area contributed by atoms with Crippen LogP contribution in [0.2, 0.25) is 0 Å². The van der Waals surface area contributed by atoms with Crippen LogP contribution in [0.25, 0.3) is 0 Å². The fourth-order valence-corrected chi connectivity index (χ4v) is 2.78. The SMILES string of the molecule is CCCCN(CC1CCCN1)c1cc(CC)nc(C)n1. The number of unbranched alkanes of at least 4 members (excludes halogenated alkanes) is 1. The van der Waals surface area contributed by atoms with Crippen LogP contribution in [0.5, 0.6) is 0 Å². The average Bonchev–Trinajstić information content (AvgIpc) is 2.95. The predicted molar refractivity (Wildman–Crippen MR) is 84.3 cm³/mol. The molecule has 1 aromatic rings. The maximum absolute atomic E-state index is 4.66. The van der Waals surface area contributed by atoms with Crippen LogP contribution in [0, 0.1) is 6.92 Å². The third kappa shape index (κ3) is 4.17. The number of rotatable bonds is 7. The van der Waals surface area contributed by atoms with E-state index in [0.29, 0.717) is 6.04 Å². The fraction of sp³-hybridized carbons (Fsp3) is 0.750. The molecule has 1 unspecified atom stereocenters. The number of nitrogens with zero attached hydrogens (tertiary/aromatic N) is 3. The first kappa shape index (κ1) is 15.2. The van der Waals surface area contributed by atoms with E-state index in [2.05, 4.69) is 40.1 Å². The van der Waals surface area contributed by atoms with E-state index in [1.165, 1.54) is 25.7 Å². The molecule has 1 fully saturated rings. The largest absolute Gasteiger partial charge is 0.355 e. The number of hydrogen-bond donors (Lipinski definition) is 1. The molecule has 0 amide bonds. The summed E-state index contributed by atoms with van der Waals surface area (Å²) >= 11 is 0. The minimum atomic E-state index is 0.618. The van der Waals surface area contributed by atoms with Crippen LogP contribution in [0.4, 0.5) is 5.82 Å². The van der Waals surface area contributed by atoms with Gasteiger partial charge in [0.15, 0.2) is 0 Å². The van der Waals surface area contributed by atoms with Crippen molar-refractivity contribution < 1.29 is 0 Å². The molecular weight excluding hydrogens is 248 g/mol. The number of aryl methyl sites for hydroxylation is 2. The van der Waals surface area contributed by atoms with E-state index >= 15 is 0 Å². The lowest BCUT2D eigenvalue weighted by Crippen LogP contribution is -2.38. The van der Waals surface area contributed by atoms with Crippen molar-refractivity contribution in [3.63, 3.8) is 0 Å². The molecule has 0 aliphatic carbocycles. The summed E-state index contributed by atoms with van der Waals surface area (Å²) in [5.41, 5.74) is 1.15. The summed E-state index contributed by atoms with van der Waals surface area (Å²) in [6, 6.07) is 2.78. The Balaban J connectivity index is 2.13. The molecular formula is C16H28N4. The third-order valence-corrected chi connectivity index (χ3v) is 3.95. The Labute approximate surface area is 123 Å². The van der Waals surface area contributed by atoms with Gasteiger partial charge in [0, 0.05) is 30.9 Å². The Morgan fingerprint density at radius 3 is 2.85 bits per heavy atom. The molecule has 1 aliphatic rings. The number of anilines is 1. The molecule has 1 atom stereocenters. The quantitative estimate of drug-likeness (QED) is 0.831. The smallest absolute Gasteiger partial charge is 0.132 e. The van der Waals surface area contributed by atoms with Gasteiger partial charge in [0.2, 0.25) is 0 Å². The van der Waals surface area contributed by atoms with Crippen LogP contribution in [-0.2, 0) is 6.42 Å². The zero-order valence-corrected chi connectivity index (χ0v) is 13.2. The van der Waals surface area contributed by atoms with Crippen LogP contribution in [0.3, 0.4) is 0 Å². The molecule has 112 valence electrons. The standard InChI is InChI=1S/C16H28N4/c1-4-6-10-20(12-15-8-7-9-17-15)16-11-14(5-2)18-13(3)19-16/h11,15,17H,4-10,12H2,1-3H3. The van der Waals surface area contributed by atoms with Gasteiger partial charge in [-0.2, -0.15) is 0 Å². The van der Waals surface area contributed by atoms with Crippen LogP contribution in [0.1, 0.15) is 51.0 Å². The molecule has 1 aromatic heterocycles. The topological polar surface area (TPSA) is 41.0 Å². The van der Waals surface area contributed by atoms with Crippen molar-refractivity contribution >= 4 is 5.82 Å². The van der Waals surface area contributed by atoms with Gasteiger partial charge in [-0.25, -0.2) is 9.97 Å². The van der Waals surface area contributed by atoms with Gasteiger partial charge in [-0.05, 0) is 39.2 Å². The first-order valence-corrected chi connectivity index (χ1v) is 8.05. The third-order valence-electron chi connectivity index (χ3n) is 3.95. The minimum Gasteiger partial charge on any atom is -0.355 e.